The molecular formula is C28H54O6. The topological polar surface area (TPSA) is 63.2 Å². The van der Waals surface area contributed by atoms with Gasteiger partial charge in [-0.05, 0) is 40.5 Å². The van der Waals surface area contributed by atoms with E-state index in [2.05, 4.69) is 13.0 Å². The van der Waals surface area contributed by atoms with Gasteiger partial charge in [0, 0.05) is 20.1 Å². The molecule has 4 atom stereocenters. The quantitative estimate of drug-likeness (QED) is 0.0615. The molecule has 202 valence electrons. The van der Waals surface area contributed by atoms with Crippen molar-refractivity contribution in [3.8, 4) is 0 Å². The van der Waals surface area contributed by atoms with Crippen molar-refractivity contribution in [3.63, 3.8) is 0 Å². The van der Waals surface area contributed by atoms with Gasteiger partial charge < -0.3 is 23.7 Å². The lowest BCUT2D eigenvalue weighted by molar-refractivity contribution is -0.203. The molecule has 0 rings (SSSR count). The lowest BCUT2D eigenvalue weighted by Gasteiger charge is -2.28. The van der Waals surface area contributed by atoms with Crippen molar-refractivity contribution in [2.45, 2.75) is 143 Å². The predicted molar refractivity (Wildman–Crippen MR) is 139 cm³/mol. The molecule has 0 fully saturated rings. The Morgan fingerprint density at radius 1 is 0.735 bits per heavy atom. The molecule has 0 bridgehead atoms. The number of carbonyl (C=O) groups excluding carboxylic acids is 1. The monoisotopic (exact) mass is 486 g/mol. The van der Waals surface area contributed by atoms with Crippen LogP contribution in [0, 0.1) is 0 Å². The van der Waals surface area contributed by atoms with E-state index < -0.39 is 18.5 Å². The Labute approximate surface area is 210 Å². The van der Waals surface area contributed by atoms with Crippen LogP contribution in [0.4, 0.5) is 0 Å². The normalized spacial score (nSPS) is 15.4. The molecular weight excluding hydrogens is 432 g/mol. The molecule has 0 saturated heterocycles. The highest BCUT2D eigenvalue weighted by Gasteiger charge is 2.26. The molecule has 0 aliphatic rings. The lowest BCUT2D eigenvalue weighted by atomic mass is 10.0. The summed E-state index contributed by atoms with van der Waals surface area (Å²) >= 11 is 0. The molecule has 6 heteroatoms. The lowest BCUT2D eigenvalue weighted by Crippen LogP contribution is -2.39. The maximum atomic E-state index is 11.7. The van der Waals surface area contributed by atoms with Crippen molar-refractivity contribution in [2.75, 3.05) is 19.8 Å². The molecule has 0 aromatic heterocycles. The molecule has 34 heavy (non-hydrogen) atoms. The van der Waals surface area contributed by atoms with Crippen LogP contribution >= 0.6 is 0 Å². The summed E-state index contributed by atoms with van der Waals surface area (Å²) < 4.78 is 28.3. The Kier molecular flexibility index (Phi) is 23.1. The van der Waals surface area contributed by atoms with Gasteiger partial charge in [0.05, 0.1) is 6.61 Å². The zero-order valence-corrected chi connectivity index (χ0v) is 23.0. The van der Waals surface area contributed by atoms with E-state index in [9.17, 15) is 4.79 Å². The molecule has 0 radical (unpaired) electrons. The third kappa shape index (κ3) is 20.4. The molecule has 0 heterocycles. The van der Waals surface area contributed by atoms with Gasteiger partial charge >= 0.3 is 5.97 Å². The van der Waals surface area contributed by atoms with E-state index in [0.29, 0.717) is 13.2 Å². The Morgan fingerprint density at radius 2 is 1.26 bits per heavy atom. The van der Waals surface area contributed by atoms with Gasteiger partial charge in [-0.25, -0.2) is 0 Å². The van der Waals surface area contributed by atoms with Crippen LogP contribution in [0.1, 0.15) is 119 Å². The standard InChI is InChI=1S/C28H54O6/c1-7-10-11-12-13-14-15-16-17-18-19-20-21-22-27(34-26(6)31-9-3)28(33-24(4)29)23-32-25(5)30-8-2/h21-22,25-28H,7-20,23H2,1-6H3/t25?,26?,27-,28-/m0/s1. The van der Waals surface area contributed by atoms with Gasteiger partial charge in [0.2, 0.25) is 0 Å². The summed E-state index contributed by atoms with van der Waals surface area (Å²) in [6, 6.07) is 0. The molecule has 0 spiro atoms. The van der Waals surface area contributed by atoms with Crippen molar-refractivity contribution in [1.29, 1.82) is 0 Å². The fraction of sp³-hybridized carbons (Fsp3) is 0.893. The first-order valence-corrected chi connectivity index (χ1v) is 13.8. The van der Waals surface area contributed by atoms with Crippen molar-refractivity contribution < 1.29 is 28.5 Å². The van der Waals surface area contributed by atoms with Crippen LogP contribution in [-0.2, 0) is 28.5 Å². The Bertz CT molecular complexity index is 482. The fourth-order valence-corrected chi connectivity index (χ4v) is 3.83. The summed E-state index contributed by atoms with van der Waals surface area (Å²) in [6.45, 7) is 12.5. The van der Waals surface area contributed by atoms with Gasteiger partial charge in [0.1, 0.15) is 6.10 Å². The maximum Gasteiger partial charge on any atom is 0.303 e. The van der Waals surface area contributed by atoms with Gasteiger partial charge in [-0.1, -0.05) is 83.3 Å². The second-order valence-electron chi connectivity index (χ2n) is 8.88. The third-order valence-corrected chi connectivity index (χ3v) is 5.63. The minimum atomic E-state index is -0.572. The second-order valence-corrected chi connectivity index (χ2v) is 8.88. The third-order valence-electron chi connectivity index (χ3n) is 5.63. The van der Waals surface area contributed by atoms with Crippen LogP contribution in [0.15, 0.2) is 12.2 Å². The molecule has 0 aromatic carbocycles. The van der Waals surface area contributed by atoms with E-state index in [1.807, 2.05) is 33.8 Å². The smallest absolute Gasteiger partial charge is 0.303 e. The average molecular weight is 487 g/mol. The van der Waals surface area contributed by atoms with Crippen molar-refractivity contribution in [2.24, 2.45) is 0 Å². The summed E-state index contributed by atoms with van der Waals surface area (Å²) in [5.41, 5.74) is 0. The summed E-state index contributed by atoms with van der Waals surface area (Å²) in [7, 11) is 0. The van der Waals surface area contributed by atoms with Crippen LogP contribution in [-0.4, -0.2) is 50.6 Å². The minimum Gasteiger partial charge on any atom is -0.457 e. The van der Waals surface area contributed by atoms with Crippen molar-refractivity contribution in [1.82, 2.24) is 0 Å². The molecule has 0 N–H and O–H groups in total. The van der Waals surface area contributed by atoms with Gasteiger partial charge in [0.15, 0.2) is 18.7 Å². The van der Waals surface area contributed by atoms with Gasteiger partial charge in [-0.2, -0.15) is 0 Å². The van der Waals surface area contributed by atoms with Gasteiger partial charge in [0.25, 0.3) is 0 Å². The first kappa shape index (κ1) is 33.0. The van der Waals surface area contributed by atoms with Crippen molar-refractivity contribution >= 4 is 5.97 Å². The minimum absolute atomic E-state index is 0.188. The number of ether oxygens (including phenoxy) is 5. The SMILES string of the molecule is CCCCCCCCCCCCCC=C[C@H](OC(C)OCC)[C@H](COC(C)OCC)OC(C)=O. The van der Waals surface area contributed by atoms with E-state index in [1.54, 1.807) is 0 Å². The van der Waals surface area contributed by atoms with E-state index in [-0.39, 0.29) is 18.9 Å². The average Bonchev–Trinajstić information content (AvgIpc) is 2.79. The number of carbonyl (C=O) groups is 1. The van der Waals surface area contributed by atoms with Crippen LogP contribution in [0.25, 0.3) is 0 Å². The number of hydrogen-bond donors (Lipinski definition) is 0. The van der Waals surface area contributed by atoms with Crippen LogP contribution in [0.3, 0.4) is 0 Å². The van der Waals surface area contributed by atoms with E-state index in [0.717, 1.165) is 12.8 Å². The molecule has 0 saturated carbocycles. The molecule has 0 amide bonds. The predicted octanol–water partition coefficient (Wildman–Crippen LogP) is 7.34. The van der Waals surface area contributed by atoms with E-state index in [1.165, 1.54) is 71.1 Å². The van der Waals surface area contributed by atoms with Crippen LogP contribution < -0.4 is 0 Å². The molecule has 0 aromatic rings. The van der Waals surface area contributed by atoms with Crippen molar-refractivity contribution in [3.05, 3.63) is 12.2 Å². The second kappa shape index (κ2) is 23.8. The largest absolute Gasteiger partial charge is 0.457 e. The van der Waals surface area contributed by atoms with Gasteiger partial charge in [-0.15, -0.1) is 0 Å². The Balaban J connectivity index is 4.50. The first-order valence-electron chi connectivity index (χ1n) is 13.8. The van der Waals surface area contributed by atoms with E-state index >= 15 is 0 Å². The number of hydrogen-bond acceptors (Lipinski definition) is 6. The zero-order chi connectivity index (χ0) is 25.4. The Hall–Kier alpha value is -0.950. The summed E-state index contributed by atoms with van der Waals surface area (Å²) in [6.07, 6.45) is 17.9. The number of allylic oxidation sites excluding steroid dienone is 1. The summed E-state index contributed by atoms with van der Waals surface area (Å²) in [5.74, 6) is -0.367. The molecule has 0 aliphatic carbocycles. The number of esters is 1. The fourth-order valence-electron chi connectivity index (χ4n) is 3.83. The highest BCUT2D eigenvalue weighted by molar-refractivity contribution is 5.66. The maximum absolute atomic E-state index is 11.7. The zero-order valence-electron chi connectivity index (χ0n) is 23.0. The number of rotatable bonds is 24. The highest BCUT2D eigenvalue weighted by atomic mass is 16.7. The highest BCUT2D eigenvalue weighted by Crippen LogP contribution is 2.15. The molecule has 0 aliphatic heterocycles. The van der Waals surface area contributed by atoms with Crippen LogP contribution in [0.5, 0.6) is 0 Å². The molecule has 6 nitrogen and oxygen atoms in total. The van der Waals surface area contributed by atoms with Crippen LogP contribution in [0.2, 0.25) is 0 Å². The van der Waals surface area contributed by atoms with Gasteiger partial charge in [-0.3, -0.25) is 4.79 Å². The Morgan fingerprint density at radius 3 is 1.79 bits per heavy atom. The van der Waals surface area contributed by atoms with E-state index in [4.69, 9.17) is 23.7 Å². The first-order chi connectivity index (χ1) is 16.4. The summed E-state index contributed by atoms with van der Waals surface area (Å²) in [4.78, 5) is 11.7. The summed E-state index contributed by atoms with van der Waals surface area (Å²) in [5, 5.41) is 0. The molecule has 2 unspecified atom stereocenters. The number of unbranched alkanes of at least 4 members (excludes halogenated alkanes) is 11.